The topological polar surface area (TPSA) is 26.0 Å². The first-order valence-corrected chi connectivity index (χ1v) is 4.66. The van der Waals surface area contributed by atoms with Gasteiger partial charge in [0.1, 0.15) is 6.17 Å². The Kier molecular flexibility index (Phi) is 1.13. The third kappa shape index (κ3) is 0.670. The van der Waals surface area contributed by atoms with E-state index >= 15 is 0 Å². The molecular formula is C11H12FN. The summed E-state index contributed by atoms with van der Waals surface area (Å²) in [6, 6.07) is 9.90. The fourth-order valence-electron chi connectivity index (χ4n) is 2.89. The summed E-state index contributed by atoms with van der Waals surface area (Å²) in [7, 11) is 0. The van der Waals surface area contributed by atoms with Crippen molar-refractivity contribution in [3.05, 3.63) is 35.9 Å². The van der Waals surface area contributed by atoms with Crippen LogP contribution in [0.15, 0.2) is 30.3 Å². The Morgan fingerprint density at radius 2 is 1.85 bits per heavy atom. The lowest BCUT2D eigenvalue weighted by molar-refractivity contribution is -0.158. The fourth-order valence-corrected chi connectivity index (χ4v) is 2.89. The Hall–Kier alpha value is -0.890. The van der Waals surface area contributed by atoms with Crippen molar-refractivity contribution >= 4 is 0 Å². The molecule has 0 radical (unpaired) electrons. The summed E-state index contributed by atoms with van der Waals surface area (Å²) >= 11 is 0. The third-order valence-electron chi connectivity index (χ3n) is 3.63. The Morgan fingerprint density at radius 3 is 2.31 bits per heavy atom. The molecular weight excluding hydrogens is 165 g/mol. The van der Waals surface area contributed by atoms with Gasteiger partial charge >= 0.3 is 0 Å². The summed E-state index contributed by atoms with van der Waals surface area (Å²) in [5, 5.41) is 0. The highest BCUT2D eigenvalue weighted by atomic mass is 19.1. The second-order valence-electron chi connectivity index (χ2n) is 4.47. The van der Waals surface area contributed by atoms with Gasteiger partial charge in [-0.25, -0.2) is 4.39 Å². The summed E-state index contributed by atoms with van der Waals surface area (Å²) in [6.07, 6.45) is 0.832. The average molecular weight is 177 g/mol. The zero-order valence-electron chi connectivity index (χ0n) is 7.33. The van der Waals surface area contributed by atoms with Crippen molar-refractivity contribution in [2.75, 3.05) is 0 Å². The molecule has 2 N–H and O–H groups in total. The minimum absolute atomic E-state index is 0.212. The van der Waals surface area contributed by atoms with E-state index in [4.69, 9.17) is 5.73 Å². The molecule has 1 atom stereocenters. The molecule has 0 saturated heterocycles. The van der Waals surface area contributed by atoms with Gasteiger partial charge in [-0.05, 0) is 18.4 Å². The molecule has 1 unspecified atom stereocenters. The molecule has 2 heteroatoms. The van der Waals surface area contributed by atoms with Crippen molar-refractivity contribution in [2.45, 2.75) is 30.0 Å². The van der Waals surface area contributed by atoms with E-state index in [0.717, 1.165) is 18.4 Å². The SMILES string of the molecule is NC12CC(c3ccccc3)(C1)C2F. The summed E-state index contributed by atoms with van der Waals surface area (Å²) in [4.78, 5) is 0. The number of halogens is 1. The van der Waals surface area contributed by atoms with Crippen molar-refractivity contribution in [1.82, 2.24) is 0 Å². The second-order valence-corrected chi connectivity index (χ2v) is 4.47. The van der Waals surface area contributed by atoms with E-state index in [9.17, 15) is 4.39 Å². The van der Waals surface area contributed by atoms with Crippen molar-refractivity contribution in [1.29, 1.82) is 0 Å². The highest BCUT2D eigenvalue weighted by Crippen LogP contribution is 2.67. The Morgan fingerprint density at radius 1 is 1.23 bits per heavy atom. The monoisotopic (exact) mass is 177 g/mol. The molecule has 1 aromatic carbocycles. The van der Waals surface area contributed by atoms with Crippen LogP contribution in [0.2, 0.25) is 0 Å². The van der Waals surface area contributed by atoms with Crippen LogP contribution in [-0.4, -0.2) is 11.7 Å². The lowest BCUT2D eigenvalue weighted by atomic mass is 9.36. The third-order valence-corrected chi connectivity index (χ3v) is 3.63. The quantitative estimate of drug-likeness (QED) is 0.695. The molecule has 68 valence electrons. The van der Waals surface area contributed by atoms with E-state index in [0.29, 0.717) is 0 Å². The normalized spacial score (nSPS) is 46.5. The number of hydrogen-bond donors (Lipinski definition) is 1. The molecule has 0 amide bonds. The maximum atomic E-state index is 13.6. The van der Waals surface area contributed by atoms with Gasteiger partial charge in [-0.1, -0.05) is 30.3 Å². The Balaban J connectivity index is 1.97. The van der Waals surface area contributed by atoms with Crippen LogP contribution in [-0.2, 0) is 5.41 Å². The van der Waals surface area contributed by atoms with Gasteiger partial charge in [-0.2, -0.15) is 0 Å². The molecule has 1 aromatic rings. The summed E-state index contributed by atoms with van der Waals surface area (Å²) in [5.41, 5.74) is 6.21. The van der Waals surface area contributed by atoms with E-state index in [1.54, 1.807) is 0 Å². The van der Waals surface area contributed by atoms with Gasteiger partial charge in [0, 0.05) is 11.0 Å². The number of benzene rings is 1. The lowest BCUT2D eigenvalue weighted by Gasteiger charge is -2.71. The van der Waals surface area contributed by atoms with Crippen LogP contribution >= 0.6 is 0 Å². The van der Waals surface area contributed by atoms with Crippen molar-refractivity contribution < 1.29 is 4.39 Å². The molecule has 0 aromatic heterocycles. The first-order chi connectivity index (χ1) is 6.17. The summed E-state index contributed by atoms with van der Waals surface area (Å²) in [6.45, 7) is 0. The van der Waals surface area contributed by atoms with E-state index in [2.05, 4.69) is 0 Å². The van der Waals surface area contributed by atoms with Crippen LogP contribution in [0.25, 0.3) is 0 Å². The van der Waals surface area contributed by atoms with E-state index in [1.807, 2.05) is 30.3 Å². The van der Waals surface area contributed by atoms with Crippen LogP contribution < -0.4 is 5.73 Å². The molecule has 0 aliphatic heterocycles. The van der Waals surface area contributed by atoms with Gasteiger partial charge in [-0.3, -0.25) is 0 Å². The second kappa shape index (κ2) is 1.95. The molecule has 3 aliphatic rings. The number of alkyl halides is 1. The van der Waals surface area contributed by atoms with E-state index in [-0.39, 0.29) is 5.41 Å². The predicted octanol–water partition coefficient (Wildman–Crippen LogP) is 1.77. The van der Waals surface area contributed by atoms with Gasteiger partial charge in [0.05, 0.1) is 0 Å². The zero-order valence-corrected chi connectivity index (χ0v) is 7.33. The highest BCUT2D eigenvalue weighted by Gasteiger charge is 2.75. The molecule has 13 heavy (non-hydrogen) atoms. The number of rotatable bonds is 1. The molecule has 3 saturated carbocycles. The molecule has 2 bridgehead atoms. The highest BCUT2D eigenvalue weighted by molar-refractivity contribution is 5.45. The van der Waals surface area contributed by atoms with Crippen molar-refractivity contribution in [3.8, 4) is 0 Å². The van der Waals surface area contributed by atoms with Crippen molar-refractivity contribution in [2.24, 2.45) is 5.73 Å². The van der Waals surface area contributed by atoms with Crippen LogP contribution in [0.5, 0.6) is 0 Å². The molecule has 0 spiro atoms. The Labute approximate surface area is 76.7 Å². The van der Waals surface area contributed by atoms with Crippen molar-refractivity contribution in [3.63, 3.8) is 0 Å². The summed E-state index contributed by atoms with van der Waals surface area (Å²) < 4.78 is 13.6. The zero-order chi connectivity index (χ0) is 9.10. The Bertz CT molecular complexity index is 340. The molecule has 3 fully saturated rings. The minimum Gasteiger partial charge on any atom is -0.323 e. The average Bonchev–Trinajstić information content (AvgIpc) is 2.15. The maximum absolute atomic E-state index is 13.6. The van der Waals surface area contributed by atoms with Crippen LogP contribution in [0, 0.1) is 0 Å². The predicted molar refractivity (Wildman–Crippen MR) is 49.2 cm³/mol. The van der Waals surface area contributed by atoms with Crippen LogP contribution in [0.1, 0.15) is 18.4 Å². The molecule has 4 rings (SSSR count). The van der Waals surface area contributed by atoms with Crippen LogP contribution in [0.3, 0.4) is 0 Å². The molecule has 3 aliphatic carbocycles. The minimum atomic E-state index is -0.817. The standard InChI is InChI=1S/C11H12FN/c12-9-10(6-11(9,13)7-10)8-4-2-1-3-5-8/h1-5,9H,6-7,13H2. The summed E-state index contributed by atoms with van der Waals surface area (Å²) in [5.74, 6) is 0. The molecule has 1 nitrogen and oxygen atoms in total. The van der Waals surface area contributed by atoms with E-state index in [1.165, 1.54) is 0 Å². The number of nitrogens with two attached hydrogens (primary N) is 1. The van der Waals surface area contributed by atoms with Gasteiger partial charge in [0.25, 0.3) is 0 Å². The van der Waals surface area contributed by atoms with E-state index < -0.39 is 11.7 Å². The van der Waals surface area contributed by atoms with Crippen LogP contribution in [0.4, 0.5) is 4.39 Å². The smallest absolute Gasteiger partial charge is 0.128 e. The maximum Gasteiger partial charge on any atom is 0.128 e. The van der Waals surface area contributed by atoms with Gasteiger partial charge < -0.3 is 5.73 Å². The van der Waals surface area contributed by atoms with Gasteiger partial charge in [0.15, 0.2) is 0 Å². The fraction of sp³-hybridized carbons (Fsp3) is 0.455. The lowest BCUT2D eigenvalue weighted by Crippen LogP contribution is -2.83. The first kappa shape index (κ1) is 7.51. The number of hydrogen-bond acceptors (Lipinski definition) is 1. The van der Waals surface area contributed by atoms with Gasteiger partial charge in [-0.15, -0.1) is 0 Å². The van der Waals surface area contributed by atoms with Gasteiger partial charge in [0.2, 0.25) is 0 Å². The largest absolute Gasteiger partial charge is 0.323 e. The molecule has 0 heterocycles. The first-order valence-electron chi connectivity index (χ1n) is 4.66.